The second-order valence-corrected chi connectivity index (χ2v) is 10.3. The van der Waals surface area contributed by atoms with Gasteiger partial charge in [0.25, 0.3) is 5.91 Å². The van der Waals surface area contributed by atoms with Crippen molar-refractivity contribution in [3.05, 3.63) is 47.3 Å². The summed E-state index contributed by atoms with van der Waals surface area (Å²) in [7, 11) is 0. The molecule has 0 radical (unpaired) electrons. The van der Waals surface area contributed by atoms with Crippen molar-refractivity contribution in [1.82, 2.24) is 24.9 Å². The van der Waals surface area contributed by atoms with Crippen LogP contribution in [-0.2, 0) is 4.74 Å². The molecule has 34 heavy (non-hydrogen) atoms. The summed E-state index contributed by atoms with van der Waals surface area (Å²) in [5.41, 5.74) is 3.21. The van der Waals surface area contributed by atoms with Crippen LogP contribution >= 0.6 is 0 Å². The Morgan fingerprint density at radius 2 is 1.74 bits per heavy atom. The maximum absolute atomic E-state index is 12.9. The molecule has 3 rings (SSSR count). The highest BCUT2D eigenvalue weighted by Crippen LogP contribution is 2.23. The zero-order chi connectivity index (χ0) is 24.9. The number of aromatic nitrogens is 2. The molecule has 0 spiro atoms. The molecule has 2 aromatic rings. The van der Waals surface area contributed by atoms with E-state index < -0.39 is 5.60 Å². The molecule has 1 aliphatic heterocycles. The average Bonchev–Trinajstić information content (AvgIpc) is 3.22. The first-order valence-corrected chi connectivity index (χ1v) is 12.2. The largest absolute Gasteiger partial charge is 0.444 e. The van der Waals surface area contributed by atoms with Crippen molar-refractivity contribution in [1.29, 1.82) is 0 Å². The molecule has 1 N–H and O–H groups in total. The Morgan fingerprint density at radius 3 is 2.32 bits per heavy atom. The van der Waals surface area contributed by atoms with Gasteiger partial charge in [0.1, 0.15) is 5.60 Å². The quantitative estimate of drug-likeness (QED) is 0.621. The summed E-state index contributed by atoms with van der Waals surface area (Å²) < 4.78 is 7.32. The van der Waals surface area contributed by atoms with E-state index in [4.69, 9.17) is 4.74 Å². The van der Waals surface area contributed by atoms with Crippen molar-refractivity contribution in [2.45, 2.75) is 59.5 Å². The molecule has 8 nitrogen and oxygen atoms in total. The number of nitrogens with zero attached hydrogens (tertiary/aromatic N) is 4. The molecule has 0 aliphatic carbocycles. The minimum Gasteiger partial charge on any atom is -0.444 e. The first kappa shape index (κ1) is 25.7. The monoisotopic (exact) mass is 469 g/mol. The number of carbonyl (C=O) groups excluding carboxylic acids is 2. The fourth-order valence-electron chi connectivity index (χ4n) is 4.06. The third-order valence-electron chi connectivity index (χ3n) is 5.84. The van der Waals surface area contributed by atoms with Gasteiger partial charge >= 0.3 is 6.09 Å². The van der Waals surface area contributed by atoms with Crippen molar-refractivity contribution in [2.75, 3.05) is 39.3 Å². The summed E-state index contributed by atoms with van der Waals surface area (Å²) in [4.78, 5) is 29.2. The number of nitrogens with one attached hydrogen (secondary N) is 1. The third-order valence-corrected chi connectivity index (χ3v) is 5.84. The van der Waals surface area contributed by atoms with Crippen LogP contribution in [0, 0.1) is 6.92 Å². The average molecular weight is 470 g/mol. The smallest absolute Gasteiger partial charge is 0.410 e. The molecule has 1 aromatic carbocycles. The fraction of sp³-hybridized carbons (Fsp3) is 0.577. The van der Waals surface area contributed by atoms with E-state index in [0.717, 1.165) is 37.4 Å². The van der Waals surface area contributed by atoms with E-state index >= 15 is 0 Å². The molecule has 0 atom stereocenters. The number of hydrogen-bond acceptors (Lipinski definition) is 5. The van der Waals surface area contributed by atoms with E-state index in [0.29, 0.717) is 25.2 Å². The van der Waals surface area contributed by atoms with Crippen molar-refractivity contribution in [3.63, 3.8) is 0 Å². The van der Waals surface area contributed by atoms with Gasteiger partial charge in [0.05, 0.1) is 23.1 Å². The number of ether oxygens (including phenoxy) is 1. The molecular weight excluding hydrogens is 430 g/mol. The van der Waals surface area contributed by atoms with Crippen molar-refractivity contribution in [3.8, 4) is 5.69 Å². The predicted molar refractivity (Wildman–Crippen MR) is 134 cm³/mol. The molecule has 0 unspecified atom stereocenters. The standard InChI is InChI=1S/C26H39N5O3/c1-19(2)23-22(18-28-31(23)21-10-8-20(3)9-11-21)24(32)27-12-7-13-29-14-16-30(17-15-29)25(33)34-26(4,5)6/h8-11,18-19H,7,12-17H2,1-6H3,(H,27,32). The van der Waals surface area contributed by atoms with Gasteiger partial charge < -0.3 is 15.0 Å². The third kappa shape index (κ3) is 6.82. The molecule has 2 amide bonds. The van der Waals surface area contributed by atoms with Gasteiger partial charge in [-0.25, -0.2) is 9.48 Å². The summed E-state index contributed by atoms with van der Waals surface area (Å²) in [6.07, 6.45) is 2.27. The van der Waals surface area contributed by atoms with Crippen LogP contribution in [-0.4, -0.2) is 76.5 Å². The molecule has 186 valence electrons. The molecule has 1 fully saturated rings. The van der Waals surface area contributed by atoms with Gasteiger partial charge in [-0.05, 0) is 58.7 Å². The first-order valence-electron chi connectivity index (χ1n) is 12.2. The first-order chi connectivity index (χ1) is 16.0. The molecule has 0 saturated carbocycles. The van der Waals surface area contributed by atoms with Gasteiger partial charge in [0.2, 0.25) is 0 Å². The van der Waals surface area contributed by atoms with Gasteiger partial charge in [-0.3, -0.25) is 9.69 Å². The Hall–Kier alpha value is -2.87. The van der Waals surface area contributed by atoms with E-state index in [1.807, 2.05) is 49.7 Å². The van der Waals surface area contributed by atoms with E-state index in [-0.39, 0.29) is 17.9 Å². The van der Waals surface area contributed by atoms with E-state index in [9.17, 15) is 9.59 Å². The zero-order valence-electron chi connectivity index (χ0n) is 21.4. The highest BCUT2D eigenvalue weighted by Gasteiger charge is 2.26. The number of amides is 2. The lowest BCUT2D eigenvalue weighted by Crippen LogP contribution is -2.50. The van der Waals surface area contributed by atoms with E-state index in [2.05, 4.69) is 36.1 Å². The lowest BCUT2D eigenvalue weighted by Gasteiger charge is -2.35. The second-order valence-electron chi connectivity index (χ2n) is 10.3. The maximum Gasteiger partial charge on any atom is 0.410 e. The predicted octanol–water partition coefficient (Wildman–Crippen LogP) is 3.98. The summed E-state index contributed by atoms with van der Waals surface area (Å²) in [5.74, 6) is 0.0719. The molecule has 8 heteroatoms. The SMILES string of the molecule is Cc1ccc(-n2ncc(C(=O)NCCCN3CCN(C(=O)OC(C)(C)C)CC3)c2C(C)C)cc1. The summed E-state index contributed by atoms with van der Waals surface area (Å²) in [6, 6.07) is 8.15. The number of benzene rings is 1. The topological polar surface area (TPSA) is 79.7 Å². The van der Waals surface area contributed by atoms with Crippen LogP contribution in [0.5, 0.6) is 0 Å². The van der Waals surface area contributed by atoms with Crippen molar-refractivity contribution in [2.24, 2.45) is 0 Å². The van der Waals surface area contributed by atoms with Crippen molar-refractivity contribution >= 4 is 12.0 Å². The Bertz CT molecular complexity index is 967. The normalized spacial score (nSPS) is 15.0. The van der Waals surface area contributed by atoms with Crippen LogP contribution < -0.4 is 5.32 Å². The number of aryl methyl sites for hydroxylation is 1. The second kappa shape index (κ2) is 11.0. The fourth-order valence-corrected chi connectivity index (χ4v) is 4.06. The van der Waals surface area contributed by atoms with Crippen LogP contribution in [0.4, 0.5) is 4.79 Å². The molecule has 1 aliphatic rings. The Kier molecular flexibility index (Phi) is 8.36. The van der Waals surface area contributed by atoms with Gasteiger partial charge in [-0.1, -0.05) is 31.5 Å². The van der Waals surface area contributed by atoms with Crippen LogP contribution in [0.2, 0.25) is 0 Å². The molecular formula is C26H39N5O3. The minimum atomic E-state index is -0.474. The van der Waals surface area contributed by atoms with Crippen LogP contribution in [0.1, 0.15) is 68.6 Å². The minimum absolute atomic E-state index is 0.0863. The molecule has 0 bridgehead atoms. The summed E-state index contributed by atoms with van der Waals surface area (Å²) >= 11 is 0. The lowest BCUT2D eigenvalue weighted by atomic mass is 10.0. The molecule has 1 aromatic heterocycles. The van der Waals surface area contributed by atoms with Gasteiger partial charge in [0.15, 0.2) is 0 Å². The van der Waals surface area contributed by atoms with Crippen LogP contribution in [0.15, 0.2) is 30.5 Å². The Morgan fingerprint density at radius 1 is 1.09 bits per heavy atom. The number of carbonyl (C=O) groups is 2. The van der Waals surface area contributed by atoms with Gasteiger partial charge in [0, 0.05) is 32.7 Å². The Balaban J connectivity index is 1.47. The zero-order valence-corrected chi connectivity index (χ0v) is 21.4. The van der Waals surface area contributed by atoms with Crippen LogP contribution in [0.3, 0.4) is 0 Å². The number of piperazine rings is 1. The summed E-state index contributed by atoms with van der Waals surface area (Å²) in [5, 5.41) is 7.57. The molecule has 1 saturated heterocycles. The van der Waals surface area contributed by atoms with Gasteiger partial charge in [-0.15, -0.1) is 0 Å². The van der Waals surface area contributed by atoms with E-state index in [1.54, 1.807) is 11.1 Å². The molecule has 2 heterocycles. The van der Waals surface area contributed by atoms with E-state index in [1.165, 1.54) is 5.56 Å². The Labute approximate surface area is 203 Å². The van der Waals surface area contributed by atoms with Gasteiger partial charge in [-0.2, -0.15) is 5.10 Å². The number of hydrogen-bond donors (Lipinski definition) is 1. The highest BCUT2D eigenvalue weighted by atomic mass is 16.6. The maximum atomic E-state index is 12.9. The highest BCUT2D eigenvalue weighted by molar-refractivity contribution is 5.95. The number of rotatable bonds is 7. The summed E-state index contributed by atoms with van der Waals surface area (Å²) in [6.45, 7) is 16.3. The lowest BCUT2D eigenvalue weighted by molar-refractivity contribution is 0.0144. The van der Waals surface area contributed by atoms with Crippen molar-refractivity contribution < 1.29 is 14.3 Å². The van der Waals surface area contributed by atoms with Crippen LogP contribution in [0.25, 0.3) is 5.69 Å².